The van der Waals surface area contributed by atoms with Crippen molar-refractivity contribution in [2.45, 2.75) is 262 Å². The van der Waals surface area contributed by atoms with Gasteiger partial charge in [-0.1, -0.05) is 66.2 Å². The Hall–Kier alpha value is -2.95. The summed E-state index contributed by atoms with van der Waals surface area (Å²) in [5.41, 5.74) is -4.82. The van der Waals surface area contributed by atoms with Gasteiger partial charge in [-0.3, -0.25) is 4.79 Å². The molecule has 0 aromatic carbocycles. The van der Waals surface area contributed by atoms with Crippen LogP contribution in [-0.2, 0) is 61.8 Å². The number of fused-ring (bicyclic) bond motifs is 7. The number of aliphatic hydroxyl groups is 13. The van der Waals surface area contributed by atoms with Gasteiger partial charge in [-0.15, -0.1) is 0 Å². The van der Waals surface area contributed by atoms with Crippen molar-refractivity contribution in [2.24, 2.45) is 50.2 Å². The van der Waals surface area contributed by atoms with Crippen LogP contribution in [0.15, 0.2) is 23.3 Å². The molecule has 9 rings (SSSR count). The number of ether oxygens (including phenoxy) is 10. The number of carbonyl (C=O) groups excluding carboxylic acids is 2. The quantitative estimate of drug-likeness (QED) is 0.0394. The number of hydrogen-bond donors (Lipinski definition) is 14. The summed E-state index contributed by atoms with van der Waals surface area (Å²) in [4.78, 5) is 39.7. The molecule has 4 aliphatic heterocycles. The Balaban J connectivity index is 1.05. The lowest BCUT2D eigenvalue weighted by molar-refractivity contribution is -0.401. The second-order valence-corrected chi connectivity index (χ2v) is 28.1. The molecule has 4 saturated carbocycles. The van der Waals surface area contributed by atoms with Crippen molar-refractivity contribution in [2.75, 3.05) is 19.8 Å². The van der Waals surface area contributed by atoms with Gasteiger partial charge in [0.25, 0.3) is 0 Å². The lowest BCUT2D eigenvalue weighted by Crippen LogP contribution is -2.76. The zero-order valence-electron chi connectivity index (χ0n) is 51.2. The maximum Gasteiger partial charge on any atom is 0.335 e. The highest BCUT2D eigenvalue weighted by atomic mass is 16.8. The fraction of sp³-hybridized carbons (Fsp3) is 0.883. The van der Waals surface area contributed by atoms with Crippen LogP contribution in [0.3, 0.4) is 0 Å². The fourth-order valence-electron chi connectivity index (χ4n) is 17.4. The number of carboxylic acid groups (broad SMARTS) is 1. The number of allylic oxidation sites excluding steroid dienone is 2. The van der Waals surface area contributed by atoms with E-state index in [9.17, 15) is 85.9 Å². The first-order chi connectivity index (χ1) is 40.5. The topological polar surface area (TPSA) is 427 Å². The van der Waals surface area contributed by atoms with Crippen molar-refractivity contribution < 1.29 is 133 Å². The van der Waals surface area contributed by atoms with Crippen LogP contribution in [-0.4, -0.2) is 256 Å². The monoisotopic (exact) mass is 1250 g/mol. The smallest absolute Gasteiger partial charge is 0.335 e. The molecular weight excluding hydrogens is 1150 g/mol. The molecule has 0 radical (unpaired) electrons. The van der Waals surface area contributed by atoms with Gasteiger partial charge in [-0.05, 0) is 93.3 Å². The SMILES string of the molecule is C/C=C(\C)C(=O)O[C@H]1[C@H](OC(C)=O)[C@]2(CO)[C@H](O)[C@H](O)[C@]3(C)C(=CC[C@@H]4[C@@]5(C)CC[C@H](O[C@@H]6O[C@H](C(=O)O)[C@@H](O)[C@H](O[C@@H]7OC[C@H](O)[C@H](O)[C@H]7O[C@H]7O[C@@H](C)[C@H](O)[C@@H](O)[C@H]7O)[C@H]6O[C@H]6O[C@H](CO)[C@H](O)[C@H](O)[C@H]6O)C(C)(C)[C@@H]5CC[C@]43C)[C@@H]2CC1(C)C. The van der Waals surface area contributed by atoms with E-state index in [0.29, 0.717) is 31.3 Å². The minimum absolute atomic E-state index is 0.187. The molecule has 4 heterocycles. The highest BCUT2D eigenvalue weighted by Gasteiger charge is 2.76. The molecular formula is C60H94O27. The predicted octanol–water partition coefficient (Wildman–Crippen LogP) is -1.83. The number of hydrogen-bond acceptors (Lipinski definition) is 26. The Labute approximate surface area is 505 Å². The Morgan fingerprint density at radius 2 is 1.28 bits per heavy atom. The highest BCUT2D eigenvalue weighted by molar-refractivity contribution is 5.87. The summed E-state index contributed by atoms with van der Waals surface area (Å²) in [6.07, 6.45) is -35.7. The van der Waals surface area contributed by atoms with E-state index in [1.807, 2.05) is 34.6 Å². The first-order valence-corrected chi connectivity index (χ1v) is 30.4. The largest absolute Gasteiger partial charge is 0.479 e. The van der Waals surface area contributed by atoms with Crippen LogP contribution in [0.2, 0.25) is 0 Å². The van der Waals surface area contributed by atoms with E-state index in [4.69, 9.17) is 47.4 Å². The van der Waals surface area contributed by atoms with Gasteiger partial charge in [0.05, 0.1) is 49.7 Å². The van der Waals surface area contributed by atoms with Crippen LogP contribution in [0.25, 0.3) is 0 Å². The zero-order chi connectivity index (χ0) is 64.3. The number of aliphatic carboxylic acids is 1. The zero-order valence-corrected chi connectivity index (χ0v) is 51.2. The molecule has 0 spiro atoms. The summed E-state index contributed by atoms with van der Waals surface area (Å²) in [6, 6.07) is 0. The van der Waals surface area contributed by atoms with E-state index in [2.05, 4.69) is 19.9 Å². The van der Waals surface area contributed by atoms with Gasteiger partial charge in [0.1, 0.15) is 85.5 Å². The summed E-state index contributed by atoms with van der Waals surface area (Å²) in [5.74, 6) is -4.17. The normalized spacial score (nSPS) is 51.3. The molecule has 0 aromatic heterocycles. The summed E-state index contributed by atoms with van der Waals surface area (Å²) < 4.78 is 61.1. The Morgan fingerprint density at radius 1 is 0.655 bits per heavy atom. The number of rotatable bonds is 14. The van der Waals surface area contributed by atoms with E-state index in [1.165, 1.54) is 13.8 Å². The van der Waals surface area contributed by atoms with Gasteiger partial charge in [-0.25, -0.2) is 9.59 Å². The van der Waals surface area contributed by atoms with Crippen LogP contribution in [0.5, 0.6) is 0 Å². The first kappa shape index (κ1) is 68.4. The van der Waals surface area contributed by atoms with Crippen molar-refractivity contribution in [1.82, 2.24) is 0 Å². The van der Waals surface area contributed by atoms with Gasteiger partial charge < -0.3 is 119 Å². The average Bonchev–Trinajstić information content (AvgIpc) is 0.670. The van der Waals surface area contributed by atoms with E-state index in [-0.39, 0.29) is 24.7 Å². The van der Waals surface area contributed by atoms with Crippen molar-refractivity contribution in [3.8, 4) is 0 Å². The van der Waals surface area contributed by atoms with Crippen molar-refractivity contribution in [3.05, 3.63) is 23.3 Å². The minimum atomic E-state index is -2.24. The molecule has 496 valence electrons. The first-order valence-electron chi connectivity index (χ1n) is 30.4. The van der Waals surface area contributed by atoms with Crippen LogP contribution in [0.1, 0.15) is 115 Å². The Bertz CT molecular complexity index is 2560. The molecule has 0 aromatic rings. The Morgan fingerprint density at radius 3 is 1.89 bits per heavy atom. The molecule has 27 nitrogen and oxygen atoms in total. The van der Waals surface area contributed by atoms with Crippen LogP contribution >= 0.6 is 0 Å². The van der Waals surface area contributed by atoms with Gasteiger partial charge >= 0.3 is 17.9 Å². The minimum Gasteiger partial charge on any atom is -0.479 e. The third-order valence-electron chi connectivity index (χ3n) is 22.7. The molecule has 0 bridgehead atoms. The summed E-state index contributed by atoms with van der Waals surface area (Å²) in [6.45, 7) is 17.6. The summed E-state index contributed by atoms with van der Waals surface area (Å²) >= 11 is 0. The third kappa shape index (κ3) is 11.1. The lowest BCUT2D eigenvalue weighted by Gasteiger charge is -2.73. The maximum absolute atomic E-state index is 13.5. The number of aliphatic hydroxyl groups excluding tert-OH is 13. The molecule has 4 saturated heterocycles. The van der Waals surface area contributed by atoms with E-state index >= 15 is 0 Å². The van der Waals surface area contributed by atoms with Crippen LogP contribution in [0, 0.1) is 50.2 Å². The summed E-state index contributed by atoms with van der Waals surface area (Å²) in [7, 11) is 0. The molecule has 31 atom stereocenters. The van der Waals surface area contributed by atoms with Gasteiger partial charge in [0, 0.05) is 23.3 Å². The van der Waals surface area contributed by atoms with Gasteiger partial charge in [-0.2, -0.15) is 0 Å². The second-order valence-electron chi connectivity index (χ2n) is 28.1. The van der Waals surface area contributed by atoms with Gasteiger partial charge in [0.15, 0.2) is 37.4 Å². The third-order valence-corrected chi connectivity index (χ3v) is 22.7. The Kier molecular flexibility index (Phi) is 19.5. The van der Waals surface area contributed by atoms with Crippen molar-refractivity contribution >= 4 is 17.9 Å². The lowest BCUT2D eigenvalue weighted by atomic mass is 9.32. The van der Waals surface area contributed by atoms with Gasteiger partial charge in [0.2, 0.25) is 0 Å². The highest BCUT2D eigenvalue weighted by Crippen LogP contribution is 2.76. The fourth-order valence-corrected chi connectivity index (χ4v) is 17.4. The molecule has 87 heavy (non-hydrogen) atoms. The standard InChI is InChI=1S/C60H94O27/c1-12-23(2)50(77)87-47-48(80-25(4)63)60(22-62)27(19-55(47,5)6)26-13-14-31-57(9)17-16-32(56(7,8)30(57)15-18-58(31,10)59(26,11)45(73)46(60)74)82-54-44(86-52-39(71)37(69)35(67)29(20-61)81-52)41(40(72)42(84-54)49(75)76)83-53-43(34(66)28(64)21-78-53)85-51-38(70)36(68)33(65)24(3)79-51/h12-13,24,27-48,51-54,61-62,64-74H,14-22H2,1-11H3,(H,75,76)/b23-12+/t24-,27-,28-,29+,30-,31+,32-,33-,34-,35-,36+,37-,38+,39+,40-,41-,42-,43+,44+,45-,46+,47-,48-,51+,52+,53-,54+,57-,58+,59-,60-/m0/s1. The van der Waals surface area contributed by atoms with E-state index in [1.54, 1.807) is 19.9 Å². The second kappa shape index (κ2) is 24.8. The van der Waals surface area contributed by atoms with Crippen LogP contribution in [0.4, 0.5) is 0 Å². The maximum atomic E-state index is 13.5. The molecule has 5 aliphatic carbocycles. The number of carboxylic acids is 1. The van der Waals surface area contributed by atoms with Crippen molar-refractivity contribution in [3.63, 3.8) is 0 Å². The molecule has 27 heteroatoms. The molecule has 8 fully saturated rings. The van der Waals surface area contributed by atoms with E-state index in [0.717, 1.165) is 5.57 Å². The summed E-state index contributed by atoms with van der Waals surface area (Å²) in [5, 5.41) is 158. The molecule has 14 N–H and O–H groups in total. The van der Waals surface area contributed by atoms with E-state index < -0.39 is 223 Å². The van der Waals surface area contributed by atoms with Crippen LogP contribution < -0.4 is 0 Å². The molecule has 0 unspecified atom stereocenters. The number of esters is 2. The average molecular weight is 1250 g/mol. The molecule has 9 aliphatic rings. The van der Waals surface area contributed by atoms with Crippen molar-refractivity contribution in [1.29, 1.82) is 0 Å². The predicted molar refractivity (Wildman–Crippen MR) is 294 cm³/mol. The molecule has 0 amide bonds. The number of carbonyl (C=O) groups is 3.